The minimum atomic E-state index is -0.204. The summed E-state index contributed by atoms with van der Waals surface area (Å²) in [5, 5.41) is 2.57. The summed E-state index contributed by atoms with van der Waals surface area (Å²) in [6.07, 6.45) is 0.794. The standard InChI is InChI=1S/C7H13NO2/c1-5-3-4-10-6(5)7(9)8-2/h5-6H,3-4H2,1-2H3,(H,8,9). The van der Waals surface area contributed by atoms with E-state index in [1.165, 1.54) is 0 Å². The van der Waals surface area contributed by atoms with Gasteiger partial charge in [-0.3, -0.25) is 4.79 Å². The van der Waals surface area contributed by atoms with Gasteiger partial charge in [-0.05, 0) is 12.3 Å². The first kappa shape index (κ1) is 7.54. The van der Waals surface area contributed by atoms with Crippen LogP contribution in [0.25, 0.3) is 0 Å². The van der Waals surface area contributed by atoms with Gasteiger partial charge in [-0.1, -0.05) is 6.92 Å². The number of hydrogen-bond donors (Lipinski definition) is 1. The first-order valence-corrected chi connectivity index (χ1v) is 3.59. The predicted octanol–water partition coefficient (Wildman–Crippen LogP) is 0.157. The fourth-order valence-electron chi connectivity index (χ4n) is 1.17. The van der Waals surface area contributed by atoms with Gasteiger partial charge in [0.25, 0.3) is 0 Å². The smallest absolute Gasteiger partial charge is 0.249 e. The van der Waals surface area contributed by atoms with Gasteiger partial charge in [-0.25, -0.2) is 0 Å². The summed E-state index contributed by atoms with van der Waals surface area (Å²) in [7, 11) is 1.64. The number of hydrogen-bond acceptors (Lipinski definition) is 2. The largest absolute Gasteiger partial charge is 0.368 e. The molecule has 0 saturated carbocycles. The molecule has 58 valence electrons. The SMILES string of the molecule is CNC(=O)C1OCCC1C. The van der Waals surface area contributed by atoms with Crippen molar-refractivity contribution in [2.24, 2.45) is 5.92 Å². The molecule has 0 radical (unpaired) electrons. The van der Waals surface area contributed by atoms with Crippen LogP contribution in [0.2, 0.25) is 0 Å². The maximum absolute atomic E-state index is 11.0. The van der Waals surface area contributed by atoms with Crippen molar-refractivity contribution >= 4 is 5.91 Å². The number of carbonyl (C=O) groups is 1. The van der Waals surface area contributed by atoms with E-state index in [9.17, 15) is 4.79 Å². The molecule has 1 saturated heterocycles. The van der Waals surface area contributed by atoms with E-state index in [2.05, 4.69) is 5.32 Å². The second-order valence-electron chi connectivity index (χ2n) is 2.67. The molecule has 1 aliphatic heterocycles. The zero-order chi connectivity index (χ0) is 7.56. The van der Waals surface area contributed by atoms with Crippen LogP contribution in [-0.2, 0) is 9.53 Å². The van der Waals surface area contributed by atoms with E-state index < -0.39 is 0 Å². The Morgan fingerprint density at radius 3 is 2.80 bits per heavy atom. The van der Waals surface area contributed by atoms with Gasteiger partial charge in [0.15, 0.2) is 0 Å². The third kappa shape index (κ3) is 1.29. The number of amides is 1. The molecular weight excluding hydrogens is 130 g/mol. The molecule has 10 heavy (non-hydrogen) atoms. The summed E-state index contributed by atoms with van der Waals surface area (Å²) in [6, 6.07) is 0. The van der Waals surface area contributed by atoms with E-state index in [0.29, 0.717) is 5.92 Å². The van der Waals surface area contributed by atoms with Crippen molar-refractivity contribution in [2.45, 2.75) is 19.4 Å². The zero-order valence-electron chi connectivity index (χ0n) is 6.39. The van der Waals surface area contributed by atoms with E-state index >= 15 is 0 Å². The Kier molecular flexibility index (Phi) is 2.27. The molecule has 0 aromatic rings. The third-order valence-corrected chi connectivity index (χ3v) is 1.89. The van der Waals surface area contributed by atoms with Gasteiger partial charge in [-0.2, -0.15) is 0 Å². The van der Waals surface area contributed by atoms with Crippen LogP contribution in [-0.4, -0.2) is 25.7 Å². The third-order valence-electron chi connectivity index (χ3n) is 1.89. The fraction of sp³-hybridized carbons (Fsp3) is 0.857. The first-order chi connectivity index (χ1) is 4.75. The Balaban J connectivity index is 2.46. The highest BCUT2D eigenvalue weighted by Crippen LogP contribution is 2.19. The van der Waals surface area contributed by atoms with Gasteiger partial charge in [0.1, 0.15) is 6.10 Å². The lowest BCUT2D eigenvalue weighted by Crippen LogP contribution is -2.34. The predicted molar refractivity (Wildman–Crippen MR) is 37.6 cm³/mol. The van der Waals surface area contributed by atoms with E-state index in [0.717, 1.165) is 13.0 Å². The summed E-state index contributed by atoms with van der Waals surface area (Å²) in [6.45, 7) is 2.76. The van der Waals surface area contributed by atoms with Crippen LogP contribution in [0.3, 0.4) is 0 Å². The summed E-state index contributed by atoms with van der Waals surface area (Å²) in [5.74, 6) is 0.380. The number of likely N-dealkylation sites (N-methyl/N-ethyl adjacent to an activating group) is 1. The Bertz CT molecular complexity index is 136. The van der Waals surface area contributed by atoms with Gasteiger partial charge < -0.3 is 10.1 Å². The average molecular weight is 143 g/mol. The van der Waals surface area contributed by atoms with Crippen LogP contribution in [0, 0.1) is 5.92 Å². The molecular formula is C7H13NO2. The van der Waals surface area contributed by atoms with Gasteiger partial charge in [-0.15, -0.1) is 0 Å². The summed E-state index contributed by atoms with van der Waals surface area (Å²) >= 11 is 0. The summed E-state index contributed by atoms with van der Waals surface area (Å²) in [4.78, 5) is 11.0. The number of rotatable bonds is 1. The molecule has 0 aliphatic carbocycles. The van der Waals surface area contributed by atoms with Crippen molar-refractivity contribution in [3.8, 4) is 0 Å². The minimum Gasteiger partial charge on any atom is -0.368 e. The number of carbonyl (C=O) groups excluding carboxylic acids is 1. The van der Waals surface area contributed by atoms with Crippen molar-refractivity contribution in [2.75, 3.05) is 13.7 Å². The molecule has 2 atom stereocenters. The van der Waals surface area contributed by atoms with Crippen LogP contribution >= 0.6 is 0 Å². The second kappa shape index (κ2) is 3.01. The Labute approximate surface area is 60.7 Å². The lowest BCUT2D eigenvalue weighted by molar-refractivity contribution is -0.130. The molecule has 1 amide bonds. The van der Waals surface area contributed by atoms with Crippen LogP contribution in [0.15, 0.2) is 0 Å². The van der Waals surface area contributed by atoms with Crippen LogP contribution < -0.4 is 5.32 Å². The Hall–Kier alpha value is -0.570. The van der Waals surface area contributed by atoms with E-state index in [4.69, 9.17) is 4.74 Å². The highest BCUT2D eigenvalue weighted by molar-refractivity contribution is 5.80. The molecule has 3 nitrogen and oxygen atoms in total. The molecule has 1 N–H and O–H groups in total. The highest BCUT2D eigenvalue weighted by atomic mass is 16.5. The molecule has 1 aliphatic rings. The monoisotopic (exact) mass is 143 g/mol. The maximum Gasteiger partial charge on any atom is 0.249 e. The average Bonchev–Trinajstić information content (AvgIpc) is 2.34. The van der Waals surface area contributed by atoms with Crippen molar-refractivity contribution < 1.29 is 9.53 Å². The Morgan fingerprint density at radius 2 is 2.40 bits per heavy atom. The topological polar surface area (TPSA) is 38.3 Å². The van der Waals surface area contributed by atoms with Gasteiger partial charge in [0.05, 0.1) is 0 Å². The molecule has 0 aromatic heterocycles. The van der Waals surface area contributed by atoms with Crippen molar-refractivity contribution in [3.63, 3.8) is 0 Å². The van der Waals surface area contributed by atoms with Gasteiger partial charge in [0, 0.05) is 13.7 Å². The van der Waals surface area contributed by atoms with E-state index in [1.807, 2.05) is 6.92 Å². The Morgan fingerprint density at radius 1 is 1.70 bits per heavy atom. The lowest BCUT2D eigenvalue weighted by Gasteiger charge is -2.11. The van der Waals surface area contributed by atoms with E-state index in [-0.39, 0.29) is 12.0 Å². The van der Waals surface area contributed by atoms with Gasteiger partial charge in [0.2, 0.25) is 5.91 Å². The summed E-state index contributed by atoms with van der Waals surface area (Å²) < 4.78 is 5.21. The maximum atomic E-state index is 11.0. The van der Waals surface area contributed by atoms with Crippen molar-refractivity contribution in [1.82, 2.24) is 5.32 Å². The fourth-order valence-corrected chi connectivity index (χ4v) is 1.17. The number of ether oxygens (including phenoxy) is 1. The first-order valence-electron chi connectivity index (χ1n) is 3.59. The number of nitrogens with one attached hydrogen (secondary N) is 1. The van der Waals surface area contributed by atoms with Crippen LogP contribution in [0.4, 0.5) is 0 Å². The normalized spacial score (nSPS) is 32.2. The van der Waals surface area contributed by atoms with Crippen molar-refractivity contribution in [1.29, 1.82) is 0 Å². The summed E-state index contributed by atoms with van der Waals surface area (Å²) in [5.41, 5.74) is 0. The zero-order valence-corrected chi connectivity index (χ0v) is 6.39. The van der Waals surface area contributed by atoms with E-state index in [1.54, 1.807) is 7.05 Å². The molecule has 0 aromatic carbocycles. The quantitative estimate of drug-likeness (QED) is 0.567. The highest BCUT2D eigenvalue weighted by Gasteiger charge is 2.29. The molecule has 3 heteroatoms. The van der Waals surface area contributed by atoms with Crippen LogP contribution in [0.5, 0.6) is 0 Å². The molecule has 0 bridgehead atoms. The van der Waals surface area contributed by atoms with Crippen molar-refractivity contribution in [3.05, 3.63) is 0 Å². The second-order valence-corrected chi connectivity index (χ2v) is 2.67. The molecule has 0 spiro atoms. The van der Waals surface area contributed by atoms with Gasteiger partial charge >= 0.3 is 0 Å². The lowest BCUT2D eigenvalue weighted by atomic mass is 10.0. The molecule has 1 fully saturated rings. The molecule has 2 unspecified atom stereocenters. The molecule has 1 heterocycles. The minimum absolute atomic E-state index is 0.00463. The molecule has 1 rings (SSSR count). The van der Waals surface area contributed by atoms with Crippen LogP contribution in [0.1, 0.15) is 13.3 Å².